The van der Waals surface area contributed by atoms with E-state index in [2.05, 4.69) is 41.5 Å². The maximum atomic E-state index is 13.4. The molecule has 0 aromatic rings. The fourth-order valence-electron chi connectivity index (χ4n) is 10.6. The van der Waals surface area contributed by atoms with E-state index < -0.39 is 17.8 Å². The van der Waals surface area contributed by atoms with Gasteiger partial charge in [0.1, 0.15) is 0 Å². The first kappa shape index (κ1) is 65.4. The molecule has 0 unspecified atom stereocenters. The number of esters is 3. The number of rotatable bonds is 51. The molecule has 0 aliphatic heterocycles. The van der Waals surface area contributed by atoms with E-state index in [0.29, 0.717) is 39.1 Å². The highest BCUT2D eigenvalue weighted by Crippen LogP contribution is 2.36. The third kappa shape index (κ3) is 43.7. The summed E-state index contributed by atoms with van der Waals surface area (Å²) in [6.07, 6.45) is 55.3. The van der Waals surface area contributed by atoms with Crippen LogP contribution in [0, 0.1) is 35.5 Å². The van der Waals surface area contributed by atoms with Gasteiger partial charge >= 0.3 is 17.9 Å². The van der Waals surface area contributed by atoms with Gasteiger partial charge in [0.15, 0.2) is 0 Å². The summed E-state index contributed by atoms with van der Waals surface area (Å²) < 4.78 is 17.4. The van der Waals surface area contributed by atoms with Crippen LogP contribution in [0.15, 0.2) is 0 Å². The van der Waals surface area contributed by atoms with Gasteiger partial charge in [-0.3, -0.25) is 14.4 Å². The summed E-state index contributed by atoms with van der Waals surface area (Å²) >= 11 is 0. The van der Waals surface area contributed by atoms with Gasteiger partial charge in [-0.1, -0.05) is 292 Å². The van der Waals surface area contributed by atoms with Gasteiger partial charge in [-0.05, 0) is 56.3 Å². The second-order valence-corrected chi connectivity index (χ2v) is 23.6. The molecule has 0 amide bonds. The average molecular weight is 974 g/mol. The molecule has 6 heteroatoms. The summed E-state index contributed by atoms with van der Waals surface area (Å²) in [4.78, 5) is 40.3. The summed E-state index contributed by atoms with van der Waals surface area (Å²) in [5.74, 6) is 0.302. The fraction of sp³-hybridized carbons (Fsp3) is 0.952. The molecule has 0 heterocycles. The first-order valence-corrected chi connectivity index (χ1v) is 31.1. The van der Waals surface area contributed by atoms with Crippen LogP contribution in [0.3, 0.4) is 0 Å². The maximum absolute atomic E-state index is 13.4. The number of unbranched alkanes of at least 4 members (excludes halogenated alkanes) is 36. The number of ether oxygens (including phenoxy) is 3. The second-order valence-electron chi connectivity index (χ2n) is 23.6. The molecule has 0 aromatic heterocycles. The molecule has 1 fully saturated rings. The molecule has 408 valence electrons. The van der Waals surface area contributed by atoms with Crippen LogP contribution in [0.25, 0.3) is 0 Å². The van der Waals surface area contributed by atoms with Crippen LogP contribution in [0.4, 0.5) is 0 Å². The number of hydrogen-bond donors (Lipinski definition) is 0. The lowest BCUT2D eigenvalue weighted by molar-refractivity contribution is -0.161. The first-order chi connectivity index (χ1) is 33.6. The Morgan fingerprint density at radius 1 is 0.261 bits per heavy atom. The van der Waals surface area contributed by atoms with Gasteiger partial charge in [-0.2, -0.15) is 0 Å². The van der Waals surface area contributed by atoms with Gasteiger partial charge in [0, 0.05) is 0 Å². The Labute approximate surface area is 430 Å². The van der Waals surface area contributed by atoms with E-state index in [1.54, 1.807) is 0 Å². The summed E-state index contributed by atoms with van der Waals surface area (Å²) in [6.45, 7) is 15.2. The lowest BCUT2D eigenvalue weighted by Gasteiger charge is -2.31. The molecule has 0 saturated heterocycles. The van der Waals surface area contributed by atoms with Crippen molar-refractivity contribution in [3.8, 4) is 0 Å². The number of carbonyl (C=O) groups excluding carboxylic acids is 3. The Morgan fingerprint density at radius 3 is 0.565 bits per heavy atom. The molecule has 69 heavy (non-hydrogen) atoms. The standard InChI is InChI=1S/C63H120O6/c1-55(2)46-40-34-28-22-16-10-7-13-19-25-31-37-43-49-67-61(64)58-52-59(62(65)68-50-44-38-32-26-20-14-8-11-17-23-29-35-41-47-56(3)4)54-60(53-58)63(66)69-51-45-39-33-27-21-15-9-12-18-24-30-36-42-48-57(5)6/h55-60H,7-54H2,1-6H3. The highest BCUT2D eigenvalue weighted by molar-refractivity contribution is 5.80. The molecule has 0 N–H and O–H groups in total. The molecular weight excluding hydrogens is 853 g/mol. The van der Waals surface area contributed by atoms with Crippen molar-refractivity contribution in [1.29, 1.82) is 0 Å². The minimum absolute atomic E-state index is 0.264. The molecule has 0 aromatic carbocycles. The molecule has 0 radical (unpaired) electrons. The van der Waals surface area contributed by atoms with E-state index in [-0.39, 0.29) is 17.9 Å². The van der Waals surface area contributed by atoms with E-state index in [4.69, 9.17) is 14.2 Å². The van der Waals surface area contributed by atoms with Gasteiger partial charge in [0.2, 0.25) is 0 Å². The van der Waals surface area contributed by atoms with E-state index in [9.17, 15) is 14.4 Å². The van der Waals surface area contributed by atoms with Crippen molar-refractivity contribution < 1.29 is 28.6 Å². The Hall–Kier alpha value is -1.59. The van der Waals surface area contributed by atoms with Gasteiger partial charge < -0.3 is 14.2 Å². The lowest BCUT2D eigenvalue weighted by atomic mass is 9.75. The summed E-state index contributed by atoms with van der Waals surface area (Å²) in [6, 6.07) is 0. The minimum Gasteiger partial charge on any atom is -0.465 e. The Kier molecular flexibility index (Phi) is 46.1. The zero-order valence-corrected chi connectivity index (χ0v) is 47.4. The lowest BCUT2D eigenvalue weighted by Crippen LogP contribution is -2.37. The SMILES string of the molecule is CC(C)CCCCCCCCCCCCCCCOC(=O)C1CC(C(=O)OCCCCCCCCCCCCCCCC(C)C)CC(C(=O)OCCCCCCCCCCCCCCCC(C)C)C1. The van der Waals surface area contributed by atoms with Crippen LogP contribution in [-0.2, 0) is 28.6 Å². The van der Waals surface area contributed by atoms with E-state index in [1.165, 1.54) is 231 Å². The number of hydrogen-bond acceptors (Lipinski definition) is 6. The van der Waals surface area contributed by atoms with Crippen molar-refractivity contribution in [2.45, 2.75) is 330 Å². The molecular formula is C63H120O6. The fourth-order valence-corrected chi connectivity index (χ4v) is 10.6. The van der Waals surface area contributed by atoms with E-state index >= 15 is 0 Å². The highest BCUT2D eigenvalue weighted by atomic mass is 16.5. The van der Waals surface area contributed by atoms with Crippen molar-refractivity contribution in [1.82, 2.24) is 0 Å². The smallest absolute Gasteiger partial charge is 0.308 e. The predicted molar refractivity (Wildman–Crippen MR) is 296 cm³/mol. The Morgan fingerprint density at radius 2 is 0.406 bits per heavy atom. The van der Waals surface area contributed by atoms with Gasteiger partial charge in [0.05, 0.1) is 37.6 Å². The van der Waals surface area contributed by atoms with Crippen LogP contribution in [0.2, 0.25) is 0 Å². The van der Waals surface area contributed by atoms with Crippen LogP contribution >= 0.6 is 0 Å². The zero-order valence-electron chi connectivity index (χ0n) is 47.4. The largest absolute Gasteiger partial charge is 0.465 e. The van der Waals surface area contributed by atoms with Crippen molar-refractivity contribution in [3.05, 3.63) is 0 Å². The predicted octanol–water partition coefficient (Wildman–Crippen LogP) is 20.0. The van der Waals surface area contributed by atoms with Crippen LogP contribution in [0.5, 0.6) is 0 Å². The van der Waals surface area contributed by atoms with Gasteiger partial charge in [-0.25, -0.2) is 0 Å². The molecule has 0 spiro atoms. The maximum Gasteiger partial charge on any atom is 0.308 e. The average Bonchev–Trinajstić information content (AvgIpc) is 3.32. The minimum atomic E-state index is -0.474. The molecule has 0 bridgehead atoms. The highest BCUT2D eigenvalue weighted by Gasteiger charge is 2.41. The Balaban J connectivity index is 2.35. The van der Waals surface area contributed by atoms with Crippen molar-refractivity contribution in [2.24, 2.45) is 35.5 Å². The van der Waals surface area contributed by atoms with Crippen LogP contribution in [-0.4, -0.2) is 37.7 Å². The normalized spacial score (nSPS) is 16.2. The second kappa shape index (κ2) is 48.7. The van der Waals surface area contributed by atoms with Crippen LogP contribution in [0.1, 0.15) is 330 Å². The summed E-state index contributed by atoms with van der Waals surface area (Å²) in [7, 11) is 0. The van der Waals surface area contributed by atoms with Crippen molar-refractivity contribution in [2.75, 3.05) is 19.8 Å². The summed E-state index contributed by atoms with van der Waals surface area (Å²) in [5.41, 5.74) is 0. The third-order valence-corrected chi connectivity index (χ3v) is 15.2. The molecule has 1 aliphatic carbocycles. The summed E-state index contributed by atoms with van der Waals surface area (Å²) in [5, 5.41) is 0. The molecule has 1 saturated carbocycles. The first-order valence-electron chi connectivity index (χ1n) is 31.1. The monoisotopic (exact) mass is 973 g/mol. The van der Waals surface area contributed by atoms with Crippen LogP contribution < -0.4 is 0 Å². The van der Waals surface area contributed by atoms with Crippen molar-refractivity contribution in [3.63, 3.8) is 0 Å². The van der Waals surface area contributed by atoms with Gasteiger partial charge in [-0.15, -0.1) is 0 Å². The van der Waals surface area contributed by atoms with E-state index in [1.807, 2.05) is 0 Å². The van der Waals surface area contributed by atoms with Crippen molar-refractivity contribution >= 4 is 17.9 Å². The molecule has 0 atom stereocenters. The number of carbonyl (C=O) groups is 3. The topological polar surface area (TPSA) is 78.9 Å². The van der Waals surface area contributed by atoms with E-state index in [0.717, 1.165) is 56.3 Å². The molecule has 1 rings (SSSR count). The quantitative estimate of drug-likeness (QED) is 0.0343. The molecule has 1 aliphatic rings. The third-order valence-electron chi connectivity index (χ3n) is 15.2. The zero-order chi connectivity index (χ0) is 50.3. The Bertz CT molecular complexity index is 989. The van der Waals surface area contributed by atoms with Gasteiger partial charge in [0.25, 0.3) is 0 Å². The molecule has 6 nitrogen and oxygen atoms in total.